The first kappa shape index (κ1) is 20.7. The molecular weight excluding hydrogens is 362 g/mol. The van der Waals surface area contributed by atoms with Crippen molar-refractivity contribution in [1.82, 2.24) is 0 Å². The number of benzene rings is 2. The van der Waals surface area contributed by atoms with Gasteiger partial charge < -0.3 is 10.1 Å². The Morgan fingerprint density at radius 3 is 2.56 bits per heavy atom. The van der Waals surface area contributed by atoms with Crippen LogP contribution in [0.15, 0.2) is 54.6 Å². The predicted octanol–water partition coefficient (Wildman–Crippen LogP) is 5.73. The summed E-state index contributed by atoms with van der Waals surface area (Å²) in [4.78, 5) is 24.0. The average molecular weight is 386 g/mol. The molecule has 1 N–H and O–H groups in total. The number of nitrogens with one attached hydrogen (secondary N) is 1. The fourth-order valence-electron chi connectivity index (χ4n) is 2.43. The zero-order chi connectivity index (χ0) is 19.5. The Kier molecular flexibility index (Phi) is 8.59. The van der Waals surface area contributed by atoms with Crippen molar-refractivity contribution < 1.29 is 14.3 Å². The molecule has 2 aromatic carbocycles. The zero-order valence-electron chi connectivity index (χ0n) is 15.4. The molecule has 0 aliphatic carbocycles. The lowest BCUT2D eigenvalue weighted by molar-refractivity contribution is -0.111. The minimum absolute atomic E-state index is 0.263. The number of anilines is 1. The number of amides is 1. The summed E-state index contributed by atoms with van der Waals surface area (Å²) in [7, 11) is 0. The molecule has 0 aliphatic rings. The molecule has 2 rings (SSSR count). The third kappa shape index (κ3) is 7.67. The first-order chi connectivity index (χ1) is 13.1. The number of halogens is 1. The molecule has 0 saturated carbocycles. The topological polar surface area (TPSA) is 55.4 Å². The highest BCUT2D eigenvalue weighted by molar-refractivity contribution is 6.30. The fraction of sp³-hybridized carbons (Fsp3) is 0.273. The smallest absolute Gasteiger partial charge is 0.338 e. The molecule has 5 heteroatoms. The van der Waals surface area contributed by atoms with E-state index in [0.717, 1.165) is 31.2 Å². The summed E-state index contributed by atoms with van der Waals surface area (Å²) >= 11 is 5.91. The second-order valence-electron chi connectivity index (χ2n) is 6.15. The van der Waals surface area contributed by atoms with Crippen molar-refractivity contribution in [2.45, 2.75) is 32.6 Å². The second-order valence-corrected chi connectivity index (χ2v) is 6.59. The molecule has 0 saturated heterocycles. The average Bonchev–Trinajstić information content (AvgIpc) is 2.67. The molecule has 2 aromatic rings. The second kappa shape index (κ2) is 11.2. The molecule has 0 atom stereocenters. The van der Waals surface area contributed by atoms with Crippen molar-refractivity contribution in [3.8, 4) is 0 Å². The van der Waals surface area contributed by atoms with Crippen LogP contribution in [0.1, 0.15) is 48.5 Å². The van der Waals surface area contributed by atoms with Gasteiger partial charge in [-0.3, -0.25) is 4.79 Å². The molecule has 0 aliphatic heterocycles. The van der Waals surface area contributed by atoms with E-state index >= 15 is 0 Å². The summed E-state index contributed by atoms with van der Waals surface area (Å²) in [5, 5.41) is 3.36. The predicted molar refractivity (Wildman–Crippen MR) is 110 cm³/mol. The van der Waals surface area contributed by atoms with Crippen LogP contribution in [-0.4, -0.2) is 18.5 Å². The summed E-state index contributed by atoms with van der Waals surface area (Å²) < 4.78 is 5.24. The van der Waals surface area contributed by atoms with E-state index in [4.69, 9.17) is 16.3 Å². The van der Waals surface area contributed by atoms with E-state index in [-0.39, 0.29) is 11.9 Å². The lowest BCUT2D eigenvalue weighted by Gasteiger charge is -2.06. The molecule has 0 fully saturated rings. The molecule has 0 aromatic heterocycles. The molecule has 0 spiro atoms. The van der Waals surface area contributed by atoms with Gasteiger partial charge in [0.2, 0.25) is 5.91 Å². The van der Waals surface area contributed by atoms with Crippen LogP contribution < -0.4 is 5.32 Å². The highest BCUT2D eigenvalue weighted by atomic mass is 35.5. The highest BCUT2D eigenvalue weighted by Gasteiger charge is 2.07. The lowest BCUT2D eigenvalue weighted by atomic mass is 10.2. The normalized spacial score (nSPS) is 10.7. The van der Waals surface area contributed by atoms with Crippen molar-refractivity contribution in [3.63, 3.8) is 0 Å². The van der Waals surface area contributed by atoms with Crippen molar-refractivity contribution >= 4 is 35.2 Å². The highest BCUT2D eigenvalue weighted by Crippen LogP contribution is 2.13. The maximum Gasteiger partial charge on any atom is 0.338 e. The van der Waals surface area contributed by atoms with Crippen molar-refractivity contribution in [2.75, 3.05) is 11.9 Å². The van der Waals surface area contributed by atoms with E-state index < -0.39 is 0 Å². The monoisotopic (exact) mass is 385 g/mol. The van der Waals surface area contributed by atoms with E-state index in [2.05, 4.69) is 12.2 Å². The molecule has 0 heterocycles. The Balaban J connectivity index is 1.82. The van der Waals surface area contributed by atoms with E-state index in [1.807, 2.05) is 12.1 Å². The van der Waals surface area contributed by atoms with Crippen LogP contribution in [0.3, 0.4) is 0 Å². The largest absolute Gasteiger partial charge is 0.462 e. The minimum atomic E-state index is -0.342. The minimum Gasteiger partial charge on any atom is -0.462 e. The number of hydrogen-bond acceptors (Lipinski definition) is 3. The van der Waals surface area contributed by atoms with Gasteiger partial charge in [0.25, 0.3) is 0 Å². The van der Waals surface area contributed by atoms with Crippen molar-refractivity contribution in [2.24, 2.45) is 0 Å². The van der Waals surface area contributed by atoms with Crippen LogP contribution in [0.2, 0.25) is 5.02 Å². The maximum atomic E-state index is 12.0. The Labute approximate surface area is 165 Å². The van der Waals surface area contributed by atoms with Gasteiger partial charge in [0.05, 0.1) is 12.2 Å². The van der Waals surface area contributed by atoms with Gasteiger partial charge in [-0.1, -0.05) is 49.9 Å². The number of rotatable bonds is 9. The summed E-state index contributed by atoms with van der Waals surface area (Å²) in [6, 6.07) is 13.9. The number of carbonyl (C=O) groups excluding carboxylic acids is 2. The van der Waals surface area contributed by atoms with Gasteiger partial charge in [-0.25, -0.2) is 4.79 Å². The van der Waals surface area contributed by atoms with Gasteiger partial charge in [-0.2, -0.15) is 0 Å². The number of hydrogen-bond donors (Lipinski definition) is 1. The quantitative estimate of drug-likeness (QED) is 0.340. The van der Waals surface area contributed by atoms with Gasteiger partial charge in [0.1, 0.15) is 0 Å². The Bertz CT molecular complexity index is 784. The van der Waals surface area contributed by atoms with E-state index in [0.29, 0.717) is 22.9 Å². The van der Waals surface area contributed by atoms with Crippen LogP contribution >= 0.6 is 11.6 Å². The standard InChI is InChI=1S/C22H24ClNO3/c1-2-3-4-5-15-27-22(26)18-10-12-20(13-11-18)24-21(25)14-9-17-7-6-8-19(23)16-17/h6-14,16H,2-5,15H2,1H3,(H,24,25). The number of carbonyl (C=O) groups is 2. The number of unbranched alkanes of at least 4 members (excludes halogenated alkanes) is 3. The molecule has 4 nitrogen and oxygen atoms in total. The van der Waals surface area contributed by atoms with Crippen LogP contribution in [0.4, 0.5) is 5.69 Å². The van der Waals surface area contributed by atoms with Crippen molar-refractivity contribution in [3.05, 3.63) is 70.8 Å². The number of ether oxygens (including phenoxy) is 1. The van der Waals surface area contributed by atoms with Gasteiger partial charge in [0.15, 0.2) is 0 Å². The third-order valence-corrected chi connectivity index (χ3v) is 4.13. The SMILES string of the molecule is CCCCCCOC(=O)c1ccc(NC(=O)C=Cc2cccc(Cl)c2)cc1. The molecule has 0 radical (unpaired) electrons. The summed E-state index contributed by atoms with van der Waals surface area (Å²) in [6.45, 7) is 2.57. The van der Waals surface area contributed by atoms with Crippen LogP contribution in [0.5, 0.6) is 0 Å². The van der Waals surface area contributed by atoms with Crippen LogP contribution in [0, 0.1) is 0 Å². The molecule has 142 valence electrons. The molecular formula is C22H24ClNO3. The van der Waals surface area contributed by atoms with Crippen molar-refractivity contribution in [1.29, 1.82) is 0 Å². The summed E-state index contributed by atoms with van der Waals surface area (Å²) in [5.74, 6) is -0.605. The van der Waals surface area contributed by atoms with Crippen LogP contribution in [0.25, 0.3) is 6.08 Å². The van der Waals surface area contributed by atoms with Gasteiger partial charge >= 0.3 is 5.97 Å². The lowest BCUT2D eigenvalue weighted by Crippen LogP contribution is -2.09. The van der Waals surface area contributed by atoms with Gasteiger partial charge in [-0.15, -0.1) is 0 Å². The van der Waals surface area contributed by atoms with E-state index in [9.17, 15) is 9.59 Å². The Morgan fingerprint density at radius 1 is 1.07 bits per heavy atom. The molecule has 0 bridgehead atoms. The third-order valence-electron chi connectivity index (χ3n) is 3.90. The van der Waals surface area contributed by atoms with E-state index in [1.165, 1.54) is 6.08 Å². The number of esters is 1. The summed E-state index contributed by atoms with van der Waals surface area (Å²) in [6.07, 6.45) is 7.37. The van der Waals surface area contributed by atoms with Gasteiger partial charge in [-0.05, 0) is 54.5 Å². The Hall–Kier alpha value is -2.59. The van der Waals surface area contributed by atoms with E-state index in [1.54, 1.807) is 42.5 Å². The Morgan fingerprint density at radius 2 is 1.85 bits per heavy atom. The molecule has 0 unspecified atom stereocenters. The first-order valence-electron chi connectivity index (χ1n) is 9.10. The fourth-order valence-corrected chi connectivity index (χ4v) is 2.63. The maximum absolute atomic E-state index is 12.0. The molecule has 27 heavy (non-hydrogen) atoms. The van der Waals surface area contributed by atoms with Crippen LogP contribution in [-0.2, 0) is 9.53 Å². The molecule has 1 amide bonds. The zero-order valence-corrected chi connectivity index (χ0v) is 16.2. The first-order valence-corrected chi connectivity index (χ1v) is 9.48. The summed E-state index contributed by atoms with van der Waals surface area (Å²) in [5.41, 5.74) is 1.92. The van der Waals surface area contributed by atoms with Gasteiger partial charge in [0, 0.05) is 16.8 Å².